The lowest BCUT2D eigenvalue weighted by Gasteiger charge is -2.26. The maximum atomic E-state index is 11.9. The molecule has 6 aromatic rings. The number of nitrogens with zero attached hydrogens (tertiary/aromatic N) is 2. The van der Waals surface area contributed by atoms with E-state index in [4.69, 9.17) is 18.9 Å². The van der Waals surface area contributed by atoms with Crippen LogP contribution >= 0.6 is 0 Å². The number of aliphatic hydroxyl groups excluding tert-OH is 1. The molecule has 1 aliphatic carbocycles. The molecule has 0 aliphatic heterocycles. The van der Waals surface area contributed by atoms with Crippen LogP contribution < -0.4 is 28.7 Å². The zero-order valence-corrected chi connectivity index (χ0v) is 27.3. The van der Waals surface area contributed by atoms with Crippen LogP contribution in [0, 0.1) is 0 Å². The Kier molecular flexibility index (Phi) is 8.36. The van der Waals surface area contributed by atoms with Gasteiger partial charge in [0.2, 0.25) is 0 Å². The molecule has 0 amide bonds. The van der Waals surface area contributed by atoms with Crippen LogP contribution in [0.4, 0.5) is 34.1 Å². The first-order chi connectivity index (χ1) is 23.5. The van der Waals surface area contributed by atoms with E-state index < -0.39 is 6.10 Å². The summed E-state index contributed by atoms with van der Waals surface area (Å²) in [5, 5.41) is 11.9. The molecule has 48 heavy (non-hydrogen) atoms. The number of hydrogen-bond donors (Lipinski definition) is 1. The molecule has 0 spiro atoms. The third-order valence-electron chi connectivity index (χ3n) is 8.79. The van der Waals surface area contributed by atoms with E-state index in [9.17, 15) is 5.11 Å². The van der Waals surface area contributed by atoms with Crippen molar-refractivity contribution in [3.05, 3.63) is 145 Å². The smallest absolute Gasteiger partial charge is 0.119 e. The van der Waals surface area contributed by atoms with E-state index in [-0.39, 0.29) is 0 Å². The fourth-order valence-electron chi connectivity index (χ4n) is 6.31. The molecule has 0 atom stereocenters. The van der Waals surface area contributed by atoms with Crippen LogP contribution in [0.2, 0.25) is 0 Å². The Morgan fingerprint density at radius 1 is 0.375 bits per heavy atom. The largest absolute Gasteiger partial charge is 0.497 e. The maximum absolute atomic E-state index is 11.9. The molecular weight excluding hydrogens is 600 g/mol. The van der Waals surface area contributed by atoms with Crippen molar-refractivity contribution in [2.45, 2.75) is 6.10 Å². The molecule has 0 radical (unpaired) electrons. The first-order valence-electron chi connectivity index (χ1n) is 15.6. The van der Waals surface area contributed by atoms with Crippen molar-refractivity contribution in [2.24, 2.45) is 0 Å². The van der Waals surface area contributed by atoms with Crippen LogP contribution in [-0.4, -0.2) is 33.5 Å². The number of methoxy groups -OCH3 is 4. The lowest BCUT2D eigenvalue weighted by atomic mass is 10.0. The summed E-state index contributed by atoms with van der Waals surface area (Å²) in [6.07, 6.45) is -0.808. The molecule has 7 nitrogen and oxygen atoms in total. The van der Waals surface area contributed by atoms with Crippen LogP contribution in [0.5, 0.6) is 23.0 Å². The van der Waals surface area contributed by atoms with Gasteiger partial charge in [-0.1, -0.05) is 12.1 Å². The molecule has 0 fully saturated rings. The lowest BCUT2D eigenvalue weighted by molar-refractivity contribution is 0.225. The highest BCUT2D eigenvalue weighted by atomic mass is 16.5. The quantitative estimate of drug-likeness (QED) is 0.161. The monoisotopic (exact) mass is 636 g/mol. The number of fused-ring (bicyclic) bond motifs is 3. The molecule has 0 bridgehead atoms. The van der Waals surface area contributed by atoms with E-state index in [0.29, 0.717) is 0 Å². The Balaban J connectivity index is 1.28. The van der Waals surface area contributed by atoms with Crippen molar-refractivity contribution in [2.75, 3.05) is 38.2 Å². The van der Waals surface area contributed by atoms with Crippen LogP contribution in [0.1, 0.15) is 17.2 Å². The Morgan fingerprint density at radius 3 is 0.875 bits per heavy atom. The SMILES string of the molecule is COc1ccc(N(c2ccc(OC)cc2)c2ccc3c(c2)C(O)c2cc(N(c4ccc(OC)cc4)c4ccc(OC)cc4)ccc2-3)cc1. The Bertz CT molecular complexity index is 1780. The number of rotatable bonds is 10. The second-order valence-electron chi connectivity index (χ2n) is 11.4. The summed E-state index contributed by atoms with van der Waals surface area (Å²) in [5.41, 5.74) is 9.43. The molecule has 0 saturated carbocycles. The van der Waals surface area contributed by atoms with Crippen molar-refractivity contribution < 1.29 is 24.1 Å². The molecule has 0 heterocycles. The standard InChI is InChI=1S/C41H36N2O5/c1-45-33-15-5-27(6-16-33)42(28-7-17-34(46-2)18-8-28)31-13-23-37-38-24-14-32(26-40(38)41(44)39(37)25-31)43(29-9-19-35(47-3)20-10-29)30-11-21-36(48-4)22-12-30/h5-26,41,44H,1-4H3. The van der Waals surface area contributed by atoms with Gasteiger partial charge < -0.3 is 33.9 Å². The third kappa shape index (κ3) is 5.65. The van der Waals surface area contributed by atoms with Crippen LogP contribution in [0.25, 0.3) is 11.1 Å². The summed E-state index contributed by atoms with van der Waals surface area (Å²) < 4.78 is 21.7. The summed E-state index contributed by atoms with van der Waals surface area (Å²) >= 11 is 0. The minimum Gasteiger partial charge on any atom is -0.497 e. The maximum Gasteiger partial charge on any atom is 0.119 e. The minimum atomic E-state index is -0.808. The first kappa shape index (κ1) is 30.7. The highest BCUT2D eigenvalue weighted by molar-refractivity contribution is 5.87. The summed E-state index contributed by atoms with van der Waals surface area (Å²) in [7, 11) is 6.64. The normalized spacial score (nSPS) is 11.8. The molecule has 0 unspecified atom stereocenters. The van der Waals surface area contributed by atoms with Gasteiger partial charge in [-0.05, 0) is 144 Å². The van der Waals surface area contributed by atoms with Gasteiger partial charge in [0.15, 0.2) is 0 Å². The number of benzene rings is 6. The number of anilines is 6. The average Bonchev–Trinajstić information content (AvgIpc) is 3.43. The number of ether oxygens (including phenoxy) is 4. The van der Waals surface area contributed by atoms with Gasteiger partial charge in [-0.3, -0.25) is 0 Å². The Morgan fingerprint density at radius 2 is 0.625 bits per heavy atom. The van der Waals surface area contributed by atoms with Crippen molar-refractivity contribution in [3.8, 4) is 34.1 Å². The number of aliphatic hydroxyl groups is 1. The van der Waals surface area contributed by atoms with E-state index >= 15 is 0 Å². The highest BCUT2D eigenvalue weighted by Crippen LogP contribution is 2.49. The van der Waals surface area contributed by atoms with E-state index in [1.807, 2.05) is 97.1 Å². The van der Waals surface area contributed by atoms with E-state index in [1.54, 1.807) is 28.4 Å². The van der Waals surface area contributed by atoms with Gasteiger partial charge in [0.25, 0.3) is 0 Å². The summed E-state index contributed by atoms with van der Waals surface area (Å²) in [6.45, 7) is 0. The van der Waals surface area contributed by atoms with E-state index in [2.05, 4.69) is 46.2 Å². The molecule has 240 valence electrons. The third-order valence-corrected chi connectivity index (χ3v) is 8.79. The van der Waals surface area contributed by atoms with Gasteiger partial charge >= 0.3 is 0 Å². The van der Waals surface area contributed by atoms with Gasteiger partial charge in [-0.15, -0.1) is 0 Å². The van der Waals surface area contributed by atoms with Gasteiger partial charge in [0.05, 0.1) is 28.4 Å². The van der Waals surface area contributed by atoms with E-state index in [0.717, 1.165) is 79.4 Å². The van der Waals surface area contributed by atoms with Gasteiger partial charge in [-0.2, -0.15) is 0 Å². The van der Waals surface area contributed by atoms with Crippen LogP contribution in [0.3, 0.4) is 0 Å². The van der Waals surface area contributed by atoms with Crippen molar-refractivity contribution in [1.82, 2.24) is 0 Å². The van der Waals surface area contributed by atoms with Crippen molar-refractivity contribution in [3.63, 3.8) is 0 Å². The minimum absolute atomic E-state index is 0.780. The number of hydrogen-bond acceptors (Lipinski definition) is 7. The fraction of sp³-hybridized carbons (Fsp3) is 0.122. The molecule has 0 saturated heterocycles. The van der Waals surface area contributed by atoms with Crippen LogP contribution in [0.15, 0.2) is 133 Å². The van der Waals surface area contributed by atoms with Gasteiger partial charge in [0.1, 0.15) is 29.1 Å². The average molecular weight is 637 g/mol. The summed E-state index contributed by atoms with van der Waals surface area (Å²) in [6, 6.07) is 44.4. The van der Waals surface area contributed by atoms with Gasteiger partial charge in [0, 0.05) is 34.1 Å². The second-order valence-corrected chi connectivity index (χ2v) is 11.4. The van der Waals surface area contributed by atoms with Gasteiger partial charge in [-0.25, -0.2) is 0 Å². The van der Waals surface area contributed by atoms with Crippen molar-refractivity contribution in [1.29, 1.82) is 0 Å². The van der Waals surface area contributed by atoms with Crippen LogP contribution in [-0.2, 0) is 0 Å². The molecule has 7 rings (SSSR count). The fourth-order valence-corrected chi connectivity index (χ4v) is 6.31. The molecule has 1 aliphatic rings. The predicted octanol–water partition coefficient (Wildman–Crippen LogP) is 9.72. The molecular formula is C41H36N2O5. The first-order valence-corrected chi connectivity index (χ1v) is 15.6. The zero-order chi connectivity index (χ0) is 33.2. The zero-order valence-electron chi connectivity index (χ0n) is 27.3. The lowest BCUT2D eigenvalue weighted by Crippen LogP contribution is -2.11. The molecule has 6 aromatic carbocycles. The summed E-state index contributed by atoms with van der Waals surface area (Å²) in [4.78, 5) is 4.32. The topological polar surface area (TPSA) is 63.6 Å². The van der Waals surface area contributed by atoms with E-state index in [1.165, 1.54) is 0 Å². The summed E-state index contributed by atoms with van der Waals surface area (Å²) in [5.74, 6) is 3.12. The highest BCUT2D eigenvalue weighted by Gasteiger charge is 2.30. The molecule has 7 heteroatoms. The second kappa shape index (κ2) is 13.1. The predicted molar refractivity (Wildman–Crippen MR) is 192 cm³/mol. The Hall–Kier alpha value is -5.92. The Labute approximate surface area is 280 Å². The molecule has 1 N–H and O–H groups in total. The molecule has 0 aromatic heterocycles. The van der Waals surface area contributed by atoms with Crippen molar-refractivity contribution >= 4 is 34.1 Å².